The van der Waals surface area contributed by atoms with Gasteiger partial charge >= 0.3 is 0 Å². The van der Waals surface area contributed by atoms with E-state index in [0.717, 1.165) is 86.1 Å². The van der Waals surface area contributed by atoms with E-state index in [-0.39, 0.29) is 10.0 Å². The largest absolute Gasteiger partial charge is 0.399 e. The fourth-order valence-electron chi connectivity index (χ4n) is 7.20. The summed E-state index contributed by atoms with van der Waals surface area (Å²) in [5, 5.41) is 29.1. The molecule has 6 heterocycles. The van der Waals surface area contributed by atoms with E-state index in [4.69, 9.17) is 38.4 Å². The zero-order chi connectivity index (χ0) is 49.0. The minimum Gasteiger partial charge on any atom is -0.399 e. The van der Waals surface area contributed by atoms with Crippen LogP contribution in [0.1, 0.15) is 22.3 Å². The topological polar surface area (TPSA) is 186 Å². The van der Waals surface area contributed by atoms with E-state index >= 15 is 0 Å². The Morgan fingerprint density at radius 3 is 1.59 bits per heavy atom. The number of nitrogens with zero attached hydrogens (tertiary/aromatic N) is 8. The van der Waals surface area contributed by atoms with Crippen LogP contribution >= 0.6 is 57.6 Å². The SMILES string of the molecule is CSc1nc2ncc(C#N)c(Nc3ccc(F)c(Cl)c3)c2s1.N#Cc1cnc2nc(Nc3ccc(CN4CCOCC4)cc3)sc2c1Nc1ccc(F)c(Cl)c1.Nc1ccc(CN2CCOCC2)cc1. The molecule has 21 heteroatoms. The van der Waals surface area contributed by atoms with Crippen molar-refractivity contribution in [3.8, 4) is 12.1 Å². The van der Waals surface area contributed by atoms with Crippen LogP contribution in [-0.2, 0) is 22.6 Å². The number of hydrogen-bond donors (Lipinski definition) is 4. The van der Waals surface area contributed by atoms with Crippen LogP contribution in [-0.4, -0.2) is 88.6 Å². The number of thiazole rings is 2. The number of anilines is 7. The fraction of sp³-hybridized carbons (Fsp3) is 0.224. The summed E-state index contributed by atoms with van der Waals surface area (Å²) in [6.07, 6.45) is 4.87. The fourth-order valence-corrected chi connectivity index (χ4v) is 10.0. The van der Waals surface area contributed by atoms with Gasteiger partial charge in [-0.05, 0) is 78.0 Å². The van der Waals surface area contributed by atoms with Crippen molar-refractivity contribution in [1.82, 2.24) is 29.7 Å². The van der Waals surface area contributed by atoms with E-state index in [2.05, 4.69) is 82.1 Å². The highest BCUT2D eigenvalue weighted by molar-refractivity contribution is 8.00. The monoisotopic (exact) mass is 1040 g/mol. The molecule has 14 nitrogen and oxygen atoms in total. The number of fused-ring (bicyclic) bond motifs is 2. The molecule has 0 amide bonds. The van der Waals surface area contributed by atoms with Crippen molar-refractivity contribution in [3.05, 3.63) is 141 Å². The number of halogens is 4. The van der Waals surface area contributed by atoms with Gasteiger partial charge in [-0.25, -0.2) is 23.7 Å². The van der Waals surface area contributed by atoms with Crippen LogP contribution in [0.4, 0.5) is 48.0 Å². The summed E-state index contributed by atoms with van der Waals surface area (Å²) in [7, 11) is 0. The molecule has 2 saturated heterocycles. The maximum absolute atomic E-state index is 13.5. The van der Waals surface area contributed by atoms with Gasteiger partial charge in [0.15, 0.2) is 20.8 Å². The molecule has 358 valence electrons. The van der Waals surface area contributed by atoms with E-state index in [1.54, 1.807) is 12.1 Å². The zero-order valence-electron chi connectivity index (χ0n) is 37.5. The Morgan fingerprint density at radius 1 is 0.657 bits per heavy atom. The van der Waals surface area contributed by atoms with Crippen LogP contribution in [0, 0.1) is 34.3 Å². The molecule has 0 saturated carbocycles. The van der Waals surface area contributed by atoms with Gasteiger partial charge in [-0.15, -0.1) is 11.3 Å². The Bertz CT molecular complexity index is 3160. The van der Waals surface area contributed by atoms with Crippen molar-refractivity contribution in [2.75, 3.05) is 80.5 Å². The first-order chi connectivity index (χ1) is 34.0. The minimum atomic E-state index is -0.507. The van der Waals surface area contributed by atoms with E-state index in [1.165, 1.54) is 82.2 Å². The van der Waals surface area contributed by atoms with Crippen molar-refractivity contribution in [3.63, 3.8) is 0 Å². The zero-order valence-corrected chi connectivity index (χ0v) is 41.5. The molecule has 2 aliphatic rings. The molecule has 0 aliphatic carbocycles. The first-order valence-corrected chi connectivity index (χ1v) is 25.3. The number of nitrogen functional groups attached to an aromatic ring is 1. The molecule has 0 bridgehead atoms. The van der Waals surface area contributed by atoms with Crippen molar-refractivity contribution < 1.29 is 18.3 Å². The highest BCUT2D eigenvalue weighted by Crippen LogP contribution is 2.38. The summed E-state index contributed by atoms with van der Waals surface area (Å²) in [5.74, 6) is -0.997. The lowest BCUT2D eigenvalue weighted by atomic mass is 10.2. The van der Waals surface area contributed by atoms with E-state index < -0.39 is 11.6 Å². The van der Waals surface area contributed by atoms with Gasteiger partial charge in [0.2, 0.25) is 0 Å². The van der Waals surface area contributed by atoms with E-state index in [9.17, 15) is 19.3 Å². The highest BCUT2D eigenvalue weighted by Gasteiger charge is 2.18. The lowest BCUT2D eigenvalue weighted by Crippen LogP contribution is -2.35. The normalized spacial score (nSPS) is 13.9. The Hall–Kier alpha value is -6.23. The lowest BCUT2D eigenvalue weighted by Gasteiger charge is -2.26. The summed E-state index contributed by atoms with van der Waals surface area (Å²) in [6.45, 7) is 9.14. The number of nitrogens with two attached hydrogens (primary N) is 1. The number of hydrogen-bond acceptors (Lipinski definition) is 17. The molecular formula is C49H44Cl2F2N12O2S3. The average Bonchev–Trinajstić information content (AvgIpc) is 4.01. The van der Waals surface area contributed by atoms with Gasteiger partial charge in [0.25, 0.3) is 0 Å². The maximum Gasteiger partial charge on any atom is 0.189 e. The molecule has 8 aromatic rings. The van der Waals surface area contributed by atoms with Crippen LogP contribution in [0.15, 0.2) is 102 Å². The predicted molar refractivity (Wildman–Crippen MR) is 278 cm³/mol. The van der Waals surface area contributed by atoms with Crippen LogP contribution in [0.3, 0.4) is 0 Å². The molecular weight excluding hydrogens is 994 g/mol. The van der Waals surface area contributed by atoms with E-state index in [1.807, 2.05) is 30.5 Å². The molecule has 2 fully saturated rings. The maximum atomic E-state index is 13.5. The quantitative estimate of drug-likeness (QED) is 0.0707. The van der Waals surface area contributed by atoms with Crippen LogP contribution in [0.5, 0.6) is 0 Å². The van der Waals surface area contributed by atoms with Gasteiger partial charge in [-0.1, -0.05) is 70.6 Å². The molecule has 0 radical (unpaired) electrons. The number of benzene rings is 4. The smallest absolute Gasteiger partial charge is 0.189 e. The number of ether oxygens (including phenoxy) is 2. The average molecular weight is 1040 g/mol. The second kappa shape index (κ2) is 24.1. The third kappa shape index (κ3) is 13.1. The van der Waals surface area contributed by atoms with E-state index in [0.29, 0.717) is 55.0 Å². The Balaban J connectivity index is 0.000000156. The van der Waals surface area contributed by atoms with Crippen molar-refractivity contribution in [1.29, 1.82) is 10.5 Å². The highest BCUT2D eigenvalue weighted by atomic mass is 35.5. The first-order valence-electron chi connectivity index (χ1n) is 21.7. The number of nitriles is 2. The number of thioether (sulfide) groups is 1. The summed E-state index contributed by atoms with van der Waals surface area (Å²) in [5.41, 5.74) is 14.1. The number of aromatic nitrogens is 4. The molecule has 0 spiro atoms. The summed E-state index contributed by atoms with van der Waals surface area (Å²) in [6, 6.07) is 29.2. The third-order valence-electron chi connectivity index (χ3n) is 10.8. The van der Waals surface area contributed by atoms with Gasteiger partial charge < -0.3 is 31.2 Å². The van der Waals surface area contributed by atoms with Gasteiger partial charge in [0.05, 0.1) is 63.7 Å². The number of pyridine rings is 2. The van der Waals surface area contributed by atoms with Crippen molar-refractivity contribution in [2.45, 2.75) is 17.4 Å². The Kier molecular flexibility index (Phi) is 17.2. The molecule has 70 heavy (non-hydrogen) atoms. The molecule has 0 unspecified atom stereocenters. The molecule has 10 rings (SSSR count). The molecule has 2 aliphatic heterocycles. The minimum absolute atomic E-state index is 0.00228. The number of morpholine rings is 2. The Labute approximate surface area is 425 Å². The second-order valence-corrected chi connectivity index (χ2v) is 19.5. The van der Waals surface area contributed by atoms with Crippen molar-refractivity contribution in [2.24, 2.45) is 0 Å². The van der Waals surface area contributed by atoms with Gasteiger partial charge in [0, 0.05) is 74.4 Å². The number of rotatable bonds is 11. The van der Waals surface area contributed by atoms with Crippen LogP contribution < -0.4 is 21.7 Å². The summed E-state index contributed by atoms with van der Waals surface area (Å²) < 4.78 is 39.9. The third-order valence-corrected chi connectivity index (χ3v) is 14.4. The second-order valence-electron chi connectivity index (χ2n) is 15.7. The predicted octanol–water partition coefficient (Wildman–Crippen LogP) is 11.6. The molecule has 5 N–H and O–H groups in total. The van der Waals surface area contributed by atoms with Crippen LogP contribution in [0.2, 0.25) is 10.0 Å². The van der Waals surface area contributed by atoms with Crippen molar-refractivity contribution >= 4 is 118 Å². The molecule has 0 atom stereocenters. The van der Waals surface area contributed by atoms with Gasteiger partial charge in [-0.3, -0.25) is 9.80 Å². The summed E-state index contributed by atoms with van der Waals surface area (Å²) in [4.78, 5) is 22.2. The van der Waals surface area contributed by atoms with Gasteiger partial charge in [-0.2, -0.15) is 15.5 Å². The molecule has 4 aromatic heterocycles. The Morgan fingerprint density at radius 2 is 1.11 bits per heavy atom. The number of nitrogens with one attached hydrogen (secondary N) is 3. The lowest BCUT2D eigenvalue weighted by molar-refractivity contribution is 0.0341. The first kappa shape index (κ1) is 50.2. The van der Waals surface area contributed by atoms with Gasteiger partial charge in [0.1, 0.15) is 28.5 Å². The summed E-state index contributed by atoms with van der Waals surface area (Å²) >= 11 is 16.0. The standard InChI is InChI=1S/C24H20ClFN6OS.C14H8ClFN4S2.C11H16N2O/c25-19-11-18(5-6-20(19)26)29-21-16(12-27)13-28-23-22(21)34-24(31-23)30-17-3-1-15(2-4-17)14-32-7-9-33-10-8-32;1-21-14-20-13-12(22-14)11(7(5-17)6-18-13)19-8-2-3-10(16)9(15)4-8;12-11-3-1-10(2-4-11)9-13-5-7-14-8-6-13/h1-6,11,13H,7-10,14H2,(H2,28,29,30,31);2-4,6H,1H3,(H,18,19);1-4H,5-9,12H2. The van der Waals surface area contributed by atoms with Crippen LogP contribution in [0.25, 0.3) is 20.7 Å². The molecule has 4 aromatic carbocycles.